The molecule has 1 aliphatic rings. The number of aromatic nitrogens is 1. The lowest BCUT2D eigenvalue weighted by molar-refractivity contribution is -0.0262. The number of hydrogen-bond acceptors (Lipinski definition) is 2. The Morgan fingerprint density at radius 3 is 2.67 bits per heavy atom. The number of alkyl halides is 2. The fourth-order valence-electron chi connectivity index (χ4n) is 1.24. The van der Waals surface area contributed by atoms with Gasteiger partial charge in [-0.3, -0.25) is 4.98 Å². The molecule has 12 heavy (non-hydrogen) atoms. The van der Waals surface area contributed by atoms with E-state index in [9.17, 15) is 8.78 Å². The summed E-state index contributed by atoms with van der Waals surface area (Å²) in [4.78, 5) is 5.45. The third kappa shape index (κ3) is 1.24. The Balaban J connectivity index is 2.06. The largest absolute Gasteiger partial charge is 0.358 e. The number of halogens is 2. The number of nitrogens with zero attached hydrogens (tertiary/aromatic N) is 2. The first kappa shape index (κ1) is 7.46. The van der Waals surface area contributed by atoms with Crippen LogP contribution in [-0.4, -0.2) is 24.0 Å². The minimum absolute atomic E-state index is 0.182. The Morgan fingerprint density at radius 1 is 1.42 bits per heavy atom. The Labute approximate surface area is 68.8 Å². The van der Waals surface area contributed by atoms with Gasteiger partial charge in [0.1, 0.15) is 0 Å². The molecule has 0 N–H and O–H groups in total. The van der Waals surface area contributed by atoms with Crippen LogP contribution in [0.15, 0.2) is 24.5 Å². The van der Waals surface area contributed by atoms with Crippen LogP contribution in [0.25, 0.3) is 0 Å². The molecule has 1 aromatic rings. The summed E-state index contributed by atoms with van der Waals surface area (Å²) >= 11 is 0. The van der Waals surface area contributed by atoms with Gasteiger partial charge in [-0.15, -0.1) is 0 Å². The zero-order chi connectivity index (χ0) is 8.60. The molecule has 1 aliphatic heterocycles. The summed E-state index contributed by atoms with van der Waals surface area (Å²) in [6.45, 7) is -0.364. The highest BCUT2D eigenvalue weighted by atomic mass is 19.3. The highest BCUT2D eigenvalue weighted by Crippen LogP contribution is 2.30. The fourth-order valence-corrected chi connectivity index (χ4v) is 1.24. The van der Waals surface area contributed by atoms with Crippen molar-refractivity contribution >= 4 is 5.69 Å². The van der Waals surface area contributed by atoms with Crippen molar-refractivity contribution in [1.82, 2.24) is 4.98 Å². The first-order valence-electron chi connectivity index (χ1n) is 3.70. The number of rotatable bonds is 1. The van der Waals surface area contributed by atoms with Gasteiger partial charge >= 0.3 is 0 Å². The quantitative estimate of drug-likeness (QED) is 0.635. The van der Waals surface area contributed by atoms with E-state index < -0.39 is 5.92 Å². The molecule has 1 aromatic heterocycles. The van der Waals surface area contributed by atoms with E-state index in [1.807, 2.05) is 0 Å². The van der Waals surface area contributed by atoms with Crippen LogP contribution in [0, 0.1) is 0 Å². The molecule has 0 aromatic carbocycles. The molecule has 0 saturated carbocycles. The van der Waals surface area contributed by atoms with Crippen molar-refractivity contribution in [3.05, 3.63) is 24.5 Å². The van der Waals surface area contributed by atoms with Crippen LogP contribution >= 0.6 is 0 Å². The second-order valence-corrected chi connectivity index (χ2v) is 2.92. The number of anilines is 1. The summed E-state index contributed by atoms with van der Waals surface area (Å²) in [5.41, 5.74) is 0.767. The van der Waals surface area contributed by atoms with E-state index in [4.69, 9.17) is 0 Å². The van der Waals surface area contributed by atoms with Gasteiger partial charge in [-0.1, -0.05) is 0 Å². The first-order valence-corrected chi connectivity index (χ1v) is 3.70. The van der Waals surface area contributed by atoms with E-state index in [0.29, 0.717) is 0 Å². The zero-order valence-corrected chi connectivity index (χ0v) is 6.37. The van der Waals surface area contributed by atoms with E-state index in [1.165, 1.54) is 0 Å². The second kappa shape index (κ2) is 2.40. The second-order valence-electron chi connectivity index (χ2n) is 2.92. The monoisotopic (exact) mass is 170 g/mol. The summed E-state index contributed by atoms with van der Waals surface area (Å²) in [6, 6.07) is 3.52. The molecular weight excluding hydrogens is 162 g/mol. The molecule has 0 bridgehead atoms. The third-order valence-electron chi connectivity index (χ3n) is 1.86. The SMILES string of the molecule is FC1(F)CN(c2cccnc2)C1. The maximum Gasteiger partial charge on any atom is 0.282 e. The molecule has 1 fully saturated rings. The maximum absolute atomic E-state index is 12.4. The van der Waals surface area contributed by atoms with E-state index in [1.54, 1.807) is 29.4 Å². The molecule has 0 amide bonds. The van der Waals surface area contributed by atoms with Crippen LogP contribution in [-0.2, 0) is 0 Å². The summed E-state index contributed by atoms with van der Waals surface area (Å²) in [6.07, 6.45) is 3.22. The summed E-state index contributed by atoms with van der Waals surface area (Å²) < 4.78 is 24.8. The zero-order valence-electron chi connectivity index (χ0n) is 6.37. The lowest BCUT2D eigenvalue weighted by Crippen LogP contribution is -2.56. The van der Waals surface area contributed by atoms with Crippen molar-refractivity contribution in [3.63, 3.8) is 0 Å². The van der Waals surface area contributed by atoms with Crippen LogP contribution in [0.4, 0.5) is 14.5 Å². The minimum atomic E-state index is -2.50. The average molecular weight is 170 g/mol. The molecule has 4 heteroatoms. The Kier molecular flexibility index (Phi) is 1.49. The molecule has 2 rings (SSSR count). The highest BCUT2D eigenvalue weighted by Gasteiger charge is 2.43. The predicted molar refractivity (Wildman–Crippen MR) is 41.4 cm³/mol. The van der Waals surface area contributed by atoms with Crippen LogP contribution in [0.3, 0.4) is 0 Å². The average Bonchev–Trinajstić information content (AvgIpc) is 2.02. The predicted octanol–water partition coefficient (Wildman–Crippen LogP) is 1.54. The van der Waals surface area contributed by atoms with E-state index in [-0.39, 0.29) is 13.1 Å². The minimum Gasteiger partial charge on any atom is -0.358 e. The van der Waals surface area contributed by atoms with Crippen molar-refractivity contribution in [2.24, 2.45) is 0 Å². The maximum atomic E-state index is 12.4. The van der Waals surface area contributed by atoms with Gasteiger partial charge in [0, 0.05) is 6.20 Å². The standard InChI is InChI=1S/C8H8F2N2/c9-8(10)5-12(6-8)7-2-1-3-11-4-7/h1-4H,5-6H2. The van der Waals surface area contributed by atoms with Crippen molar-refractivity contribution in [1.29, 1.82) is 0 Å². The summed E-state index contributed by atoms with van der Waals surface area (Å²) in [7, 11) is 0. The van der Waals surface area contributed by atoms with Gasteiger partial charge in [0.05, 0.1) is 25.0 Å². The van der Waals surface area contributed by atoms with Crippen molar-refractivity contribution in [3.8, 4) is 0 Å². The van der Waals surface area contributed by atoms with Crippen molar-refractivity contribution < 1.29 is 8.78 Å². The van der Waals surface area contributed by atoms with Crippen LogP contribution < -0.4 is 4.90 Å². The molecule has 0 atom stereocenters. The van der Waals surface area contributed by atoms with E-state index in [0.717, 1.165) is 5.69 Å². The molecule has 0 unspecified atom stereocenters. The lowest BCUT2D eigenvalue weighted by atomic mass is 10.1. The molecule has 0 spiro atoms. The van der Waals surface area contributed by atoms with Gasteiger partial charge in [0.15, 0.2) is 0 Å². The summed E-state index contributed by atoms with van der Waals surface area (Å²) in [5.74, 6) is -2.50. The molecular formula is C8H8F2N2. The molecule has 0 aliphatic carbocycles. The third-order valence-corrected chi connectivity index (χ3v) is 1.86. The molecule has 2 heterocycles. The van der Waals surface area contributed by atoms with Gasteiger partial charge in [-0.25, -0.2) is 8.78 Å². The van der Waals surface area contributed by atoms with Crippen molar-refractivity contribution in [2.75, 3.05) is 18.0 Å². The van der Waals surface area contributed by atoms with E-state index >= 15 is 0 Å². The molecule has 64 valence electrons. The number of hydrogen-bond donors (Lipinski definition) is 0. The highest BCUT2D eigenvalue weighted by molar-refractivity contribution is 5.47. The lowest BCUT2D eigenvalue weighted by Gasteiger charge is -2.40. The Bertz CT molecular complexity index is 266. The normalized spacial score (nSPS) is 20.3. The molecule has 2 nitrogen and oxygen atoms in total. The van der Waals surface area contributed by atoms with E-state index in [2.05, 4.69) is 4.98 Å². The van der Waals surface area contributed by atoms with Gasteiger partial charge in [0.25, 0.3) is 5.92 Å². The molecule has 0 radical (unpaired) electrons. The molecule has 1 saturated heterocycles. The van der Waals surface area contributed by atoms with Crippen molar-refractivity contribution in [2.45, 2.75) is 5.92 Å². The Morgan fingerprint density at radius 2 is 2.17 bits per heavy atom. The van der Waals surface area contributed by atoms with Gasteiger partial charge in [0.2, 0.25) is 0 Å². The Hall–Kier alpha value is -1.19. The van der Waals surface area contributed by atoms with Crippen LogP contribution in [0.2, 0.25) is 0 Å². The van der Waals surface area contributed by atoms with Crippen LogP contribution in [0.5, 0.6) is 0 Å². The summed E-state index contributed by atoms with van der Waals surface area (Å²) in [5, 5.41) is 0. The smallest absolute Gasteiger partial charge is 0.282 e. The first-order chi connectivity index (χ1) is 5.67. The van der Waals surface area contributed by atoms with Gasteiger partial charge < -0.3 is 4.90 Å². The van der Waals surface area contributed by atoms with Gasteiger partial charge in [-0.2, -0.15) is 0 Å². The van der Waals surface area contributed by atoms with Crippen LogP contribution in [0.1, 0.15) is 0 Å². The fraction of sp³-hybridized carbons (Fsp3) is 0.375. The van der Waals surface area contributed by atoms with Gasteiger partial charge in [-0.05, 0) is 12.1 Å². The number of pyridine rings is 1. The topological polar surface area (TPSA) is 16.1 Å².